The number of esters is 1. The summed E-state index contributed by atoms with van der Waals surface area (Å²) in [6, 6.07) is 0. The minimum absolute atomic E-state index is 0.325. The fourth-order valence-corrected chi connectivity index (χ4v) is 3.11. The summed E-state index contributed by atoms with van der Waals surface area (Å²) in [5.41, 5.74) is 0. The molecule has 0 saturated heterocycles. The predicted octanol–water partition coefficient (Wildman–Crippen LogP) is 5.88. The molecule has 0 amide bonds. The molecule has 0 rings (SSSR count). The van der Waals surface area contributed by atoms with Crippen LogP contribution in [0.25, 0.3) is 0 Å². The summed E-state index contributed by atoms with van der Waals surface area (Å²) in [4.78, 5) is 11.5. The maximum absolute atomic E-state index is 11.5. The van der Waals surface area contributed by atoms with E-state index in [1.807, 2.05) is 0 Å². The van der Waals surface area contributed by atoms with Gasteiger partial charge in [-0.3, -0.25) is 4.79 Å². The molecule has 0 aliphatic rings. The van der Waals surface area contributed by atoms with Gasteiger partial charge in [0.2, 0.25) is 6.29 Å². The van der Waals surface area contributed by atoms with Crippen LogP contribution in [0.1, 0.15) is 123 Å². The second-order valence-electron chi connectivity index (χ2n) is 7.56. The minimum Gasteiger partial charge on any atom is -0.433 e. The van der Waals surface area contributed by atoms with Crippen LogP contribution in [0.4, 0.5) is 0 Å². The summed E-state index contributed by atoms with van der Waals surface area (Å²) in [5.74, 6) is -0.417. The molecule has 4 heteroatoms. The molecule has 0 spiro atoms. The summed E-state index contributed by atoms with van der Waals surface area (Å²) in [7, 11) is 0. The molecule has 0 radical (unpaired) electrons. The maximum Gasteiger partial charge on any atom is 0.308 e. The number of rotatable bonds is 19. The topological polar surface area (TPSA) is 66.8 Å². The van der Waals surface area contributed by atoms with E-state index in [0.29, 0.717) is 12.8 Å². The molecule has 2 atom stereocenters. The van der Waals surface area contributed by atoms with Crippen LogP contribution < -0.4 is 0 Å². The quantitative estimate of drug-likeness (QED) is 0.169. The number of aliphatic hydroxyl groups excluding tert-OH is 2. The van der Waals surface area contributed by atoms with Crippen molar-refractivity contribution in [3.63, 3.8) is 0 Å². The zero-order chi connectivity index (χ0) is 19.5. The van der Waals surface area contributed by atoms with Crippen LogP contribution in [0.2, 0.25) is 0 Å². The SMILES string of the molecule is CCCCCCCCCCCCCCCCCC(=O)OC(O)C(O)CC. The predicted molar refractivity (Wildman–Crippen MR) is 108 cm³/mol. The Balaban J connectivity index is 3.23. The van der Waals surface area contributed by atoms with Gasteiger partial charge in [0.1, 0.15) is 6.10 Å². The third kappa shape index (κ3) is 16.8. The second-order valence-corrected chi connectivity index (χ2v) is 7.56. The van der Waals surface area contributed by atoms with Crippen LogP contribution in [0.5, 0.6) is 0 Å². The zero-order valence-electron chi connectivity index (χ0n) is 17.4. The average Bonchev–Trinajstić information content (AvgIpc) is 2.64. The van der Waals surface area contributed by atoms with Crippen molar-refractivity contribution in [3.8, 4) is 0 Å². The molecular weight excluding hydrogens is 328 g/mol. The van der Waals surface area contributed by atoms with E-state index in [-0.39, 0.29) is 0 Å². The Morgan fingerprint density at radius 3 is 1.46 bits per heavy atom. The second kappa shape index (κ2) is 19.2. The highest BCUT2D eigenvalue weighted by Gasteiger charge is 2.18. The maximum atomic E-state index is 11.5. The van der Waals surface area contributed by atoms with Crippen LogP contribution in [0.15, 0.2) is 0 Å². The summed E-state index contributed by atoms with van der Waals surface area (Å²) >= 11 is 0. The first-order chi connectivity index (χ1) is 12.6. The summed E-state index contributed by atoms with van der Waals surface area (Å²) in [6.07, 6.45) is 17.7. The molecule has 0 aromatic carbocycles. The van der Waals surface area contributed by atoms with Gasteiger partial charge in [-0.1, -0.05) is 104 Å². The van der Waals surface area contributed by atoms with E-state index < -0.39 is 18.4 Å². The van der Waals surface area contributed by atoms with Gasteiger partial charge >= 0.3 is 5.97 Å². The van der Waals surface area contributed by atoms with E-state index in [0.717, 1.165) is 19.3 Å². The largest absolute Gasteiger partial charge is 0.433 e. The van der Waals surface area contributed by atoms with Gasteiger partial charge in [0.15, 0.2) is 0 Å². The van der Waals surface area contributed by atoms with Crippen LogP contribution in [0, 0.1) is 0 Å². The summed E-state index contributed by atoms with van der Waals surface area (Å²) in [5, 5.41) is 18.8. The Morgan fingerprint density at radius 1 is 0.692 bits per heavy atom. The van der Waals surface area contributed by atoms with Gasteiger partial charge in [-0.25, -0.2) is 0 Å². The Hall–Kier alpha value is -0.610. The first-order valence-electron chi connectivity index (χ1n) is 11.2. The molecule has 0 bridgehead atoms. The number of aliphatic hydroxyl groups is 2. The highest BCUT2D eigenvalue weighted by Crippen LogP contribution is 2.14. The normalized spacial score (nSPS) is 13.5. The molecule has 0 heterocycles. The first kappa shape index (κ1) is 25.4. The molecule has 4 nitrogen and oxygen atoms in total. The Labute approximate surface area is 161 Å². The molecule has 156 valence electrons. The Kier molecular flexibility index (Phi) is 18.7. The molecule has 2 N–H and O–H groups in total. The summed E-state index contributed by atoms with van der Waals surface area (Å²) in [6.45, 7) is 4.00. The number of unbranched alkanes of at least 4 members (excludes halogenated alkanes) is 14. The van der Waals surface area contributed by atoms with Crippen molar-refractivity contribution in [2.24, 2.45) is 0 Å². The van der Waals surface area contributed by atoms with Gasteiger partial charge in [-0.15, -0.1) is 0 Å². The van der Waals surface area contributed by atoms with Crippen molar-refractivity contribution < 1.29 is 19.7 Å². The van der Waals surface area contributed by atoms with E-state index in [4.69, 9.17) is 4.74 Å². The van der Waals surface area contributed by atoms with Gasteiger partial charge < -0.3 is 14.9 Å². The van der Waals surface area contributed by atoms with E-state index in [9.17, 15) is 15.0 Å². The molecule has 2 unspecified atom stereocenters. The molecular formula is C22H44O4. The van der Waals surface area contributed by atoms with Crippen molar-refractivity contribution in [1.29, 1.82) is 0 Å². The van der Waals surface area contributed by atoms with Crippen molar-refractivity contribution in [1.82, 2.24) is 0 Å². The number of carbonyl (C=O) groups is 1. The molecule has 26 heavy (non-hydrogen) atoms. The molecule has 0 aromatic heterocycles. The smallest absolute Gasteiger partial charge is 0.308 e. The first-order valence-corrected chi connectivity index (χ1v) is 11.2. The van der Waals surface area contributed by atoms with E-state index >= 15 is 0 Å². The average molecular weight is 373 g/mol. The van der Waals surface area contributed by atoms with Crippen molar-refractivity contribution in [2.75, 3.05) is 0 Å². The molecule has 0 fully saturated rings. The van der Waals surface area contributed by atoms with Crippen LogP contribution >= 0.6 is 0 Å². The van der Waals surface area contributed by atoms with Gasteiger partial charge in [0.05, 0.1) is 0 Å². The lowest BCUT2D eigenvalue weighted by atomic mass is 10.0. The van der Waals surface area contributed by atoms with Gasteiger partial charge in [-0.05, 0) is 12.8 Å². The van der Waals surface area contributed by atoms with E-state index in [1.165, 1.54) is 77.0 Å². The standard InChI is InChI=1S/C22H44O4/c1-3-5-6-7-8-9-10-11-12-13-14-15-16-17-18-19-21(24)26-22(25)20(23)4-2/h20,22-23,25H,3-19H2,1-2H3. The number of ether oxygens (including phenoxy) is 1. The fraction of sp³-hybridized carbons (Fsp3) is 0.955. The van der Waals surface area contributed by atoms with Crippen molar-refractivity contribution in [2.45, 2.75) is 135 Å². The fourth-order valence-electron chi connectivity index (χ4n) is 3.11. The van der Waals surface area contributed by atoms with E-state index in [2.05, 4.69) is 6.92 Å². The highest BCUT2D eigenvalue weighted by atomic mass is 16.6. The number of hydrogen-bond donors (Lipinski definition) is 2. The van der Waals surface area contributed by atoms with Gasteiger partial charge in [0, 0.05) is 6.42 Å². The van der Waals surface area contributed by atoms with Crippen LogP contribution in [0.3, 0.4) is 0 Å². The minimum atomic E-state index is -1.39. The van der Waals surface area contributed by atoms with Crippen molar-refractivity contribution >= 4 is 5.97 Å². The molecule has 0 saturated carbocycles. The molecule has 0 aliphatic carbocycles. The lowest BCUT2D eigenvalue weighted by molar-refractivity contribution is -0.186. The third-order valence-electron chi connectivity index (χ3n) is 4.98. The molecule has 0 aromatic rings. The zero-order valence-corrected chi connectivity index (χ0v) is 17.4. The van der Waals surface area contributed by atoms with Crippen molar-refractivity contribution in [3.05, 3.63) is 0 Å². The van der Waals surface area contributed by atoms with E-state index in [1.54, 1.807) is 6.92 Å². The lowest BCUT2D eigenvalue weighted by Gasteiger charge is -2.16. The van der Waals surface area contributed by atoms with Gasteiger partial charge in [0.25, 0.3) is 0 Å². The van der Waals surface area contributed by atoms with Crippen LogP contribution in [-0.2, 0) is 9.53 Å². The monoisotopic (exact) mass is 372 g/mol. The Morgan fingerprint density at radius 2 is 1.08 bits per heavy atom. The third-order valence-corrected chi connectivity index (χ3v) is 4.98. The summed E-state index contributed by atoms with van der Waals surface area (Å²) < 4.78 is 4.79. The lowest BCUT2D eigenvalue weighted by Crippen LogP contribution is -2.30. The van der Waals surface area contributed by atoms with Gasteiger partial charge in [-0.2, -0.15) is 0 Å². The Bertz CT molecular complexity index is 307. The highest BCUT2D eigenvalue weighted by molar-refractivity contribution is 5.69. The number of carbonyl (C=O) groups excluding carboxylic acids is 1. The number of hydrogen-bond acceptors (Lipinski definition) is 4. The molecule has 0 aliphatic heterocycles. The van der Waals surface area contributed by atoms with Crippen LogP contribution in [-0.4, -0.2) is 28.6 Å².